The van der Waals surface area contributed by atoms with E-state index in [2.05, 4.69) is 11.0 Å². The zero-order chi connectivity index (χ0) is 14.4. The fourth-order valence-corrected chi connectivity index (χ4v) is 2.42. The van der Waals surface area contributed by atoms with Crippen LogP contribution in [-0.2, 0) is 4.79 Å². The minimum absolute atomic E-state index is 0.00441. The molecule has 0 saturated carbocycles. The number of hydrogen-bond donors (Lipinski definition) is 1. The summed E-state index contributed by atoms with van der Waals surface area (Å²) in [5, 5.41) is 8.95. The van der Waals surface area contributed by atoms with E-state index in [-0.39, 0.29) is 11.8 Å². The maximum atomic E-state index is 11.1. The summed E-state index contributed by atoms with van der Waals surface area (Å²) in [5.74, 6) is 0.424. The maximum Gasteiger partial charge on any atom is 0.221 e. The number of rotatable bonds is 6. The molecule has 1 heterocycles. The zero-order valence-corrected chi connectivity index (χ0v) is 11.4. The average molecular weight is 273 g/mol. The van der Waals surface area contributed by atoms with Crippen LogP contribution in [0, 0.1) is 17.2 Å². The van der Waals surface area contributed by atoms with Gasteiger partial charge in [-0.3, -0.25) is 4.79 Å². The van der Waals surface area contributed by atoms with Crippen molar-refractivity contribution in [1.82, 2.24) is 4.90 Å². The molecule has 1 unspecified atom stereocenters. The predicted molar refractivity (Wildman–Crippen MR) is 75.0 cm³/mol. The summed E-state index contributed by atoms with van der Waals surface area (Å²) < 4.78 is 5.62. The molecule has 1 aromatic rings. The molecule has 0 bridgehead atoms. The Balaban J connectivity index is 1.70. The number of carbonyl (C=O) groups is 1. The fourth-order valence-electron chi connectivity index (χ4n) is 2.42. The lowest BCUT2D eigenvalue weighted by atomic mass is 10.1. The van der Waals surface area contributed by atoms with E-state index < -0.39 is 0 Å². The number of amides is 1. The second kappa shape index (κ2) is 6.92. The van der Waals surface area contributed by atoms with E-state index in [1.807, 2.05) is 12.1 Å². The third kappa shape index (κ3) is 3.72. The van der Waals surface area contributed by atoms with Crippen LogP contribution in [-0.4, -0.2) is 37.0 Å². The largest absolute Gasteiger partial charge is 0.492 e. The molecule has 0 aliphatic carbocycles. The fraction of sp³-hybridized carbons (Fsp3) is 0.467. The highest BCUT2D eigenvalue weighted by Crippen LogP contribution is 2.18. The first-order valence-electron chi connectivity index (χ1n) is 6.84. The first-order valence-corrected chi connectivity index (χ1v) is 6.84. The minimum Gasteiger partial charge on any atom is -0.492 e. The smallest absolute Gasteiger partial charge is 0.221 e. The van der Waals surface area contributed by atoms with E-state index in [0.29, 0.717) is 17.9 Å². The molecule has 1 saturated heterocycles. The molecular formula is C15H19N3O2. The first-order chi connectivity index (χ1) is 9.70. The minimum atomic E-state index is -0.202. The monoisotopic (exact) mass is 273 g/mol. The van der Waals surface area contributed by atoms with Gasteiger partial charge < -0.3 is 15.4 Å². The molecule has 0 spiro atoms. The lowest BCUT2D eigenvalue weighted by Gasteiger charge is -2.15. The summed E-state index contributed by atoms with van der Waals surface area (Å²) in [5.41, 5.74) is 5.86. The highest BCUT2D eigenvalue weighted by Gasteiger charge is 2.25. The second-order valence-corrected chi connectivity index (χ2v) is 5.00. The van der Waals surface area contributed by atoms with E-state index in [1.54, 1.807) is 12.1 Å². The first kappa shape index (κ1) is 14.4. The van der Waals surface area contributed by atoms with Crippen LogP contribution >= 0.6 is 0 Å². The van der Waals surface area contributed by atoms with Crippen LogP contribution in [0.5, 0.6) is 5.75 Å². The number of hydrogen-bond acceptors (Lipinski definition) is 4. The number of benzene rings is 1. The molecule has 1 aliphatic heterocycles. The van der Waals surface area contributed by atoms with Gasteiger partial charge in [0.15, 0.2) is 0 Å². The number of nitriles is 1. The molecule has 0 radical (unpaired) electrons. The summed E-state index contributed by atoms with van der Waals surface area (Å²) in [6, 6.07) is 9.33. The zero-order valence-electron chi connectivity index (χ0n) is 11.4. The van der Waals surface area contributed by atoms with Gasteiger partial charge >= 0.3 is 0 Å². The number of nitrogens with zero attached hydrogens (tertiary/aromatic N) is 2. The molecule has 1 atom stereocenters. The van der Waals surface area contributed by atoms with Crippen molar-refractivity contribution < 1.29 is 9.53 Å². The van der Waals surface area contributed by atoms with Crippen LogP contribution in [0.2, 0.25) is 0 Å². The van der Waals surface area contributed by atoms with Crippen LogP contribution in [0.25, 0.3) is 0 Å². The van der Waals surface area contributed by atoms with Gasteiger partial charge in [0.05, 0.1) is 18.1 Å². The van der Waals surface area contributed by atoms with Crippen LogP contribution < -0.4 is 10.5 Å². The van der Waals surface area contributed by atoms with E-state index in [4.69, 9.17) is 15.7 Å². The molecule has 1 fully saturated rings. The van der Waals surface area contributed by atoms with Crippen molar-refractivity contribution in [2.24, 2.45) is 11.7 Å². The molecule has 1 amide bonds. The van der Waals surface area contributed by atoms with Gasteiger partial charge in [0.25, 0.3) is 0 Å². The Kier molecular flexibility index (Phi) is 4.97. The molecule has 106 valence electrons. The van der Waals surface area contributed by atoms with E-state index in [0.717, 1.165) is 32.5 Å². The van der Waals surface area contributed by atoms with Crippen LogP contribution in [0.4, 0.5) is 0 Å². The lowest BCUT2D eigenvalue weighted by Crippen LogP contribution is -2.28. The van der Waals surface area contributed by atoms with Gasteiger partial charge in [0.1, 0.15) is 11.8 Å². The third-order valence-electron chi connectivity index (χ3n) is 3.56. The summed E-state index contributed by atoms with van der Waals surface area (Å²) in [6.07, 6.45) is 1.72. The van der Waals surface area contributed by atoms with E-state index >= 15 is 0 Å². The molecule has 0 aromatic heterocycles. The van der Waals surface area contributed by atoms with Crippen molar-refractivity contribution >= 4 is 5.91 Å². The van der Waals surface area contributed by atoms with Gasteiger partial charge in [0, 0.05) is 13.1 Å². The Morgan fingerprint density at radius 3 is 3.00 bits per heavy atom. The molecule has 2 rings (SSSR count). The quantitative estimate of drug-likeness (QED) is 0.788. The summed E-state index contributed by atoms with van der Waals surface area (Å²) >= 11 is 0. The van der Waals surface area contributed by atoms with Crippen molar-refractivity contribution in [1.29, 1.82) is 5.26 Å². The van der Waals surface area contributed by atoms with E-state index in [9.17, 15) is 4.79 Å². The maximum absolute atomic E-state index is 11.1. The molecule has 2 N–H and O–H groups in total. The van der Waals surface area contributed by atoms with Gasteiger partial charge in [-0.15, -0.1) is 0 Å². The van der Waals surface area contributed by atoms with Gasteiger partial charge in [-0.05, 0) is 31.5 Å². The number of likely N-dealkylation sites (tertiary alicyclic amines) is 1. The number of primary amides is 1. The SMILES string of the molecule is N#Cc1ccccc1OCCCN1CCC(C(N)=O)C1. The molecule has 20 heavy (non-hydrogen) atoms. The van der Waals surface area contributed by atoms with Crippen molar-refractivity contribution in [3.8, 4) is 11.8 Å². The highest BCUT2D eigenvalue weighted by atomic mass is 16.5. The second-order valence-electron chi connectivity index (χ2n) is 5.00. The van der Waals surface area contributed by atoms with Crippen molar-refractivity contribution in [2.45, 2.75) is 12.8 Å². The standard InChI is InChI=1S/C15H19N3O2/c16-10-12-4-1-2-5-14(12)20-9-3-7-18-8-6-13(11-18)15(17)19/h1-2,4-5,13H,3,6-9,11H2,(H2,17,19). The van der Waals surface area contributed by atoms with Crippen molar-refractivity contribution in [3.63, 3.8) is 0 Å². The van der Waals surface area contributed by atoms with Crippen molar-refractivity contribution in [3.05, 3.63) is 29.8 Å². The predicted octanol–water partition coefficient (Wildman–Crippen LogP) is 1.13. The van der Waals surface area contributed by atoms with Crippen LogP contribution in [0.15, 0.2) is 24.3 Å². The van der Waals surface area contributed by atoms with Crippen LogP contribution in [0.3, 0.4) is 0 Å². The third-order valence-corrected chi connectivity index (χ3v) is 3.56. The molecule has 1 aromatic carbocycles. The Labute approximate surface area is 118 Å². The van der Waals surface area contributed by atoms with Crippen molar-refractivity contribution in [2.75, 3.05) is 26.2 Å². The number of ether oxygens (including phenoxy) is 1. The number of para-hydroxylation sites is 1. The Morgan fingerprint density at radius 2 is 2.30 bits per heavy atom. The van der Waals surface area contributed by atoms with Gasteiger partial charge in [0.2, 0.25) is 5.91 Å². The summed E-state index contributed by atoms with van der Waals surface area (Å²) in [7, 11) is 0. The average Bonchev–Trinajstić information content (AvgIpc) is 2.93. The topological polar surface area (TPSA) is 79.3 Å². The Morgan fingerprint density at radius 1 is 1.50 bits per heavy atom. The van der Waals surface area contributed by atoms with E-state index in [1.165, 1.54) is 0 Å². The van der Waals surface area contributed by atoms with Gasteiger partial charge in [-0.25, -0.2) is 0 Å². The Hall–Kier alpha value is -2.06. The Bertz CT molecular complexity index is 510. The molecule has 5 heteroatoms. The van der Waals surface area contributed by atoms with Crippen LogP contribution in [0.1, 0.15) is 18.4 Å². The molecule has 1 aliphatic rings. The molecule has 5 nitrogen and oxygen atoms in total. The lowest BCUT2D eigenvalue weighted by molar-refractivity contribution is -0.121. The van der Waals surface area contributed by atoms with Gasteiger partial charge in [-0.1, -0.05) is 12.1 Å². The van der Waals surface area contributed by atoms with Gasteiger partial charge in [-0.2, -0.15) is 5.26 Å². The summed E-state index contributed by atoms with van der Waals surface area (Å²) in [6.45, 7) is 3.13. The number of carbonyl (C=O) groups excluding carboxylic acids is 1. The summed E-state index contributed by atoms with van der Waals surface area (Å²) in [4.78, 5) is 13.3. The number of nitrogens with two attached hydrogens (primary N) is 1. The normalized spacial score (nSPS) is 18.6. The molecular weight excluding hydrogens is 254 g/mol. The highest BCUT2D eigenvalue weighted by molar-refractivity contribution is 5.77.